The molecule has 1 aromatic carbocycles. The van der Waals surface area contributed by atoms with Gasteiger partial charge in [0.2, 0.25) is 0 Å². The van der Waals surface area contributed by atoms with Gasteiger partial charge in [0, 0.05) is 18.0 Å². The summed E-state index contributed by atoms with van der Waals surface area (Å²) in [5.74, 6) is 2.15. The molecule has 0 fully saturated rings. The third kappa shape index (κ3) is 3.79. The number of terminal acetylenes is 1. The van der Waals surface area contributed by atoms with Crippen LogP contribution >= 0.6 is 23.2 Å². The lowest BCUT2D eigenvalue weighted by Crippen LogP contribution is -2.35. The van der Waals surface area contributed by atoms with Gasteiger partial charge in [-0.2, -0.15) is 0 Å². The van der Waals surface area contributed by atoms with Crippen molar-refractivity contribution in [2.24, 2.45) is 0 Å². The summed E-state index contributed by atoms with van der Waals surface area (Å²) < 4.78 is 3.75. The Bertz CT molecular complexity index is 651. The van der Waals surface area contributed by atoms with E-state index in [1.807, 2.05) is 18.2 Å². The van der Waals surface area contributed by atoms with E-state index >= 15 is 0 Å². The number of hydrogen-bond acceptors (Lipinski definition) is 3. The van der Waals surface area contributed by atoms with E-state index in [-0.39, 0.29) is 0 Å². The number of aliphatic hydroxyl groups is 1. The number of alkyl halides is 2. The average molecular weight is 336 g/mol. The van der Waals surface area contributed by atoms with E-state index in [4.69, 9.17) is 34.4 Å². The van der Waals surface area contributed by atoms with Crippen molar-refractivity contribution in [1.82, 2.24) is 4.98 Å². The molecule has 0 saturated heterocycles. The first kappa shape index (κ1) is 16.8. The monoisotopic (exact) mass is 335 g/mol. The van der Waals surface area contributed by atoms with Crippen LogP contribution in [-0.2, 0) is 10.3 Å². The Labute approximate surface area is 139 Å². The van der Waals surface area contributed by atoms with Gasteiger partial charge in [-0.15, -0.1) is 6.42 Å². The minimum Gasteiger partial charge on any atom is -0.382 e. The van der Waals surface area contributed by atoms with Crippen molar-refractivity contribution >= 4 is 23.2 Å². The molecular weight excluding hydrogens is 321 g/mol. The fourth-order valence-electron chi connectivity index (χ4n) is 2.13. The molecule has 0 bridgehead atoms. The summed E-state index contributed by atoms with van der Waals surface area (Å²) in [6, 6.07) is 12.6. The molecule has 2 aromatic rings. The molecule has 0 amide bonds. The van der Waals surface area contributed by atoms with Crippen molar-refractivity contribution in [3.8, 4) is 12.3 Å². The van der Waals surface area contributed by atoms with Gasteiger partial charge in [-0.05, 0) is 24.5 Å². The second-order valence-corrected chi connectivity index (χ2v) is 6.22. The number of halogens is 2. The molecular formula is C17H15Cl2NO2. The standard InChI is InChI=1S/C17H15Cl2NO2/c1-3-17(18,19)22-15(13-8-5-4-6-9-13)16(2,21)14-10-7-11-20-12-14/h1,4-12,15,21H,2H3. The molecule has 0 spiro atoms. The molecule has 0 radical (unpaired) electrons. The Balaban J connectivity index is 2.47. The SMILES string of the molecule is C#CC(Cl)(Cl)OC(c1ccccc1)C(C)(O)c1cccnc1. The van der Waals surface area contributed by atoms with Gasteiger partial charge in [0.15, 0.2) is 0 Å². The van der Waals surface area contributed by atoms with Crippen LogP contribution in [0.4, 0.5) is 0 Å². The van der Waals surface area contributed by atoms with Gasteiger partial charge in [0.05, 0.1) is 0 Å². The Morgan fingerprint density at radius 1 is 1.23 bits per heavy atom. The van der Waals surface area contributed by atoms with E-state index in [0.717, 1.165) is 0 Å². The van der Waals surface area contributed by atoms with Gasteiger partial charge in [0.1, 0.15) is 11.7 Å². The second-order valence-electron chi connectivity index (χ2n) is 4.96. The maximum absolute atomic E-state index is 11.0. The van der Waals surface area contributed by atoms with Gasteiger partial charge in [0.25, 0.3) is 4.52 Å². The van der Waals surface area contributed by atoms with Gasteiger partial charge >= 0.3 is 0 Å². The number of nitrogens with zero attached hydrogens (tertiary/aromatic N) is 1. The topological polar surface area (TPSA) is 42.4 Å². The predicted molar refractivity (Wildman–Crippen MR) is 87.3 cm³/mol. The summed E-state index contributed by atoms with van der Waals surface area (Å²) >= 11 is 11.9. The Morgan fingerprint density at radius 2 is 1.91 bits per heavy atom. The number of benzene rings is 1. The van der Waals surface area contributed by atoms with Crippen LogP contribution in [0.2, 0.25) is 0 Å². The van der Waals surface area contributed by atoms with E-state index in [2.05, 4.69) is 10.9 Å². The van der Waals surface area contributed by atoms with E-state index < -0.39 is 16.2 Å². The Hall–Kier alpha value is -1.57. The summed E-state index contributed by atoms with van der Waals surface area (Å²) in [6.45, 7) is 1.60. The molecule has 0 aliphatic carbocycles. The third-order valence-electron chi connectivity index (χ3n) is 3.29. The lowest BCUT2D eigenvalue weighted by atomic mass is 9.87. The molecule has 0 aliphatic heterocycles. The van der Waals surface area contributed by atoms with Crippen LogP contribution in [0.3, 0.4) is 0 Å². The first-order valence-corrected chi connectivity index (χ1v) is 7.33. The van der Waals surface area contributed by atoms with Crippen molar-refractivity contribution in [3.63, 3.8) is 0 Å². The molecule has 2 unspecified atom stereocenters. The lowest BCUT2D eigenvalue weighted by molar-refractivity contribution is -0.116. The van der Waals surface area contributed by atoms with Gasteiger partial charge in [-0.25, -0.2) is 0 Å². The predicted octanol–water partition coefficient (Wildman–Crippen LogP) is 3.81. The van der Waals surface area contributed by atoms with E-state index in [0.29, 0.717) is 11.1 Å². The lowest BCUT2D eigenvalue weighted by Gasteiger charge is -2.35. The molecule has 1 N–H and O–H groups in total. The van der Waals surface area contributed by atoms with Gasteiger partial charge in [-0.1, -0.05) is 59.6 Å². The van der Waals surface area contributed by atoms with Crippen molar-refractivity contribution in [1.29, 1.82) is 0 Å². The molecule has 0 saturated carbocycles. The molecule has 3 nitrogen and oxygen atoms in total. The number of aromatic nitrogens is 1. The van der Waals surface area contributed by atoms with Crippen molar-refractivity contribution < 1.29 is 9.84 Å². The number of pyridine rings is 1. The van der Waals surface area contributed by atoms with Crippen molar-refractivity contribution in [3.05, 3.63) is 66.0 Å². The molecule has 5 heteroatoms. The summed E-state index contributed by atoms with van der Waals surface area (Å²) in [5.41, 5.74) is -0.177. The largest absolute Gasteiger partial charge is 0.382 e. The first-order valence-electron chi connectivity index (χ1n) is 6.58. The summed E-state index contributed by atoms with van der Waals surface area (Å²) in [7, 11) is 0. The highest BCUT2D eigenvalue weighted by Crippen LogP contribution is 2.41. The summed E-state index contributed by atoms with van der Waals surface area (Å²) in [4.78, 5) is 4.02. The summed E-state index contributed by atoms with van der Waals surface area (Å²) in [5, 5.41) is 11.0. The highest BCUT2D eigenvalue weighted by molar-refractivity contribution is 6.49. The normalized spacial score (nSPS) is 15.6. The molecule has 1 heterocycles. The van der Waals surface area contributed by atoms with Gasteiger partial charge in [-0.3, -0.25) is 4.98 Å². The Morgan fingerprint density at radius 3 is 2.45 bits per heavy atom. The second kappa shape index (κ2) is 6.68. The molecule has 114 valence electrons. The zero-order chi connectivity index (χ0) is 16.2. The van der Waals surface area contributed by atoms with Crippen LogP contribution in [0.5, 0.6) is 0 Å². The van der Waals surface area contributed by atoms with Gasteiger partial charge < -0.3 is 9.84 Å². The van der Waals surface area contributed by atoms with Crippen LogP contribution in [-0.4, -0.2) is 14.6 Å². The molecule has 2 atom stereocenters. The minimum atomic E-state index is -1.85. The van der Waals surface area contributed by atoms with Crippen LogP contribution in [0.15, 0.2) is 54.9 Å². The minimum absolute atomic E-state index is 0.560. The maximum atomic E-state index is 11.0. The zero-order valence-corrected chi connectivity index (χ0v) is 13.4. The highest BCUT2D eigenvalue weighted by atomic mass is 35.5. The van der Waals surface area contributed by atoms with E-state index in [1.54, 1.807) is 43.6 Å². The number of hydrogen-bond donors (Lipinski definition) is 1. The third-order valence-corrected chi connectivity index (χ3v) is 3.69. The zero-order valence-electron chi connectivity index (χ0n) is 11.9. The van der Waals surface area contributed by atoms with Crippen molar-refractivity contribution in [2.75, 3.05) is 0 Å². The molecule has 2 rings (SSSR count). The first-order chi connectivity index (χ1) is 10.4. The van der Waals surface area contributed by atoms with Crippen molar-refractivity contribution in [2.45, 2.75) is 23.1 Å². The number of rotatable bonds is 5. The fourth-order valence-corrected chi connectivity index (χ4v) is 2.31. The van der Waals surface area contributed by atoms with Crippen LogP contribution < -0.4 is 0 Å². The van der Waals surface area contributed by atoms with Crippen LogP contribution in [0, 0.1) is 12.3 Å². The molecule has 0 aliphatic rings. The number of ether oxygens (including phenoxy) is 1. The summed E-state index contributed by atoms with van der Waals surface area (Å²) in [6.07, 6.45) is 7.58. The maximum Gasteiger partial charge on any atom is 0.283 e. The quantitative estimate of drug-likeness (QED) is 0.667. The van der Waals surface area contributed by atoms with Crippen LogP contribution in [0.25, 0.3) is 0 Å². The van der Waals surface area contributed by atoms with E-state index in [1.165, 1.54) is 0 Å². The molecule has 1 aromatic heterocycles. The van der Waals surface area contributed by atoms with Crippen LogP contribution in [0.1, 0.15) is 24.2 Å². The highest BCUT2D eigenvalue weighted by Gasteiger charge is 2.41. The smallest absolute Gasteiger partial charge is 0.283 e. The van der Waals surface area contributed by atoms with E-state index in [9.17, 15) is 5.11 Å². The fraction of sp³-hybridized carbons (Fsp3) is 0.235. The Kier molecular flexibility index (Phi) is 5.10. The average Bonchev–Trinajstić information content (AvgIpc) is 2.54. The molecule has 22 heavy (non-hydrogen) atoms.